The molecule has 0 saturated heterocycles. The van der Waals surface area contributed by atoms with Gasteiger partial charge in [0.15, 0.2) is 0 Å². The van der Waals surface area contributed by atoms with Crippen molar-refractivity contribution in [3.63, 3.8) is 0 Å². The Morgan fingerprint density at radius 2 is 2.07 bits per heavy atom. The van der Waals surface area contributed by atoms with Crippen LogP contribution < -0.4 is 5.32 Å². The molecular weight excluding hydrogens is 190 g/mol. The highest BCUT2D eigenvalue weighted by Gasteiger charge is 2.01. The quantitative estimate of drug-likeness (QED) is 0.793. The number of aromatic amines is 1. The van der Waals surface area contributed by atoms with Gasteiger partial charge in [0.2, 0.25) is 5.82 Å². The number of nitrogens with one attached hydrogen (secondary N) is 2. The summed E-state index contributed by atoms with van der Waals surface area (Å²) in [6, 6.07) is 7.98. The molecule has 0 fully saturated rings. The van der Waals surface area contributed by atoms with Crippen LogP contribution in [0, 0.1) is 0 Å². The van der Waals surface area contributed by atoms with E-state index >= 15 is 0 Å². The van der Waals surface area contributed by atoms with E-state index in [0.717, 1.165) is 24.2 Å². The third kappa shape index (κ3) is 2.31. The third-order valence-electron chi connectivity index (χ3n) is 2.07. The molecule has 5 heteroatoms. The van der Waals surface area contributed by atoms with Gasteiger partial charge in [-0.05, 0) is 35.9 Å². The van der Waals surface area contributed by atoms with E-state index in [1.807, 2.05) is 24.3 Å². The predicted octanol–water partition coefficient (Wildman–Crippen LogP) is 1.69. The van der Waals surface area contributed by atoms with Crippen molar-refractivity contribution in [2.45, 2.75) is 13.3 Å². The molecule has 0 aliphatic heterocycles. The molecule has 0 aliphatic rings. The Balaban J connectivity index is 2.11. The van der Waals surface area contributed by atoms with E-state index in [-0.39, 0.29) is 0 Å². The Morgan fingerprint density at radius 1 is 1.27 bits per heavy atom. The van der Waals surface area contributed by atoms with Gasteiger partial charge in [0.1, 0.15) is 0 Å². The van der Waals surface area contributed by atoms with Gasteiger partial charge in [-0.15, -0.1) is 10.2 Å². The second-order valence-corrected chi connectivity index (χ2v) is 3.24. The number of rotatable bonds is 4. The zero-order chi connectivity index (χ0) is 10.5. The van der Waals surface area contributed by atoms with Gasteiger partial charge in [0.25, 0.3) is 0 Å². The third-order valence-corrected chi connectivity index (χ3v) is 2.07. The van der Waals surface area contributed by atoms with Gasteiger partial charge >= 0.3 is 0 Å². The highest BCUT2D eigenvalue weighted by Crippen LogP contribution is 2.16. The number of anilines is 1. The number of hydrogen-bond donors (Lipinski definition) is 2. The largest absolute Gasteiger partial charge is 0.385 e. The topological polar surface area (TPSA) is 66.5 Å². The highest BCUT2D eigenvalue weighted by atomic mass is 15.5. The molecule has 0 radical (unpaired) electrons. The molecule has 1 aromatic heterocycles. The second kappa shape index (κ2) is 4.54. The second-order valence-electron chi connectivity index (χ2n) is 3.24. The van der Waals surface area contributed by atoms with Crippen LogP contribution in [0.5, 0.6) is 0 Å². The van der Waals surface area contributed by atoms with Crippen LogP contribution in [0.3, 0.4) is 0 Å². The van der Waals surface area contributed by atoms with Gasteiger partial charge in [-0.1, -0.05) is 6.92 Å². The number of benzene rings is 1. The minimum atomic E-state index is 0.622. The Kier molecular flexibility index (Phi) is 2.92. The SMILES string of the molecule is CCCNc1ccc(-c2nn[nH]n2)cc1. The van der Waals surface area contributed by atoms with Crippen LogP contribution in [0.2, 0.25) is 0 Å². The summed E-state index contributed by atoms with van der Waals surface area (Å²) in [5.41, 5.74) is 2.08. The number of hydrogen-bond acceptors (Lipinski definition) is 4. The molecule has 15 heavy (non-hydrogen) atoms. The van der Waals surface area contributed by atoms with E-state index < -0.39 is 0 Å². The molecule has 0 saturated carbocycles. The van der Waals surface area contributed by atoms with Crippen molar-refractivity contribution in [2.24, 2.45) is 0 Å². The van der Waals surface area contributed by atoms with E-state index in [1.54, 1.807) is 0 Å². The maximum Gasteiger partial charge on any atom is 0.204 e. The molecular formula is C10H13N5. The van der Waals surface area contributed by atoms with Crippen molar-refractivity contribution in [1.82, 2.24) is 20.6 Å². The fourth-order valence-electron chi connectivity index (χ4n) is 1.29. The number of aromatic nitrogens is 4. The van der Waals surface area contributed by atoms with Crippen molar-refractivity contribution in [3.8, 4) is 11.4 Å². The molecule has 0 unspecified atom stereocenters. The number of nitrogens with zero attached hydrogens (tertiary/aromatic N) is 3. The lowest BCUT2D eigenvalue weighted by atomic mass is 10.2. The van der Waals surface area contributed by atoms with Gasteiger partial charge in [-0.3, -0.25) is 0 Å². The predicted molar refractivity (Wildman–Crippen MR) is 58.4 cm³/mol. The minimum Gasteiger partial charge on any atom is -0.385 e. The normalized spacial score (nSPS) is 10.2. The summed E-state index contributed by atoms with van der Waals surface area (Å²) < 4.78 is 0. The summed E-state index contributed by atoms with van der Waals surface area (Å²) in [6.45, 7) is 3.13. The molecule has 2 aromatic rings. The molecule has 1 heterocycles. The van der Waals surface area contributed by atoms with Crippen LogP contribution in [0.25, 0.3) is 11.4 Å². The highest BCUT2D eigenvalue weighted by molar-refractivity contribution is 5.58. The monoisotopic (exact) mass is 203 g/mol. The number of H-pyrrole nitrogens is 1. The Labute approximate surface area is 87.9 Å². The Morgan fingerprint density at radius 3 is 2.67 bits per heavy atom. The zero-order valence-corrected chi connectivity index (χ0v) is 8.57. The molecule has 0 amide bonds. The lowest BCUT2D eigenvalue weighted by molar-refractivity contribution is 0.881. The van der Waals surface area contributed by atoms with E-state index in [1.165, 1.54) is 0 Å². The van der Waals surface area contributed by atoms with E-state index in [4.69, 9.17) is 0 Å². The van der Waals surface area contributed by atoms with Crippen molar-refractivity contribution in [3.05, 3.63) is 24.3 Å². The Bertz CT molecular complexity index is 392. The first-order valence-corrected chi connectivity index (χ1v) is 4.98. The molecule has 78 valence electrons. The molecule has 0 aliphatic carbocycles. The van der Waals surface area contributed by atoms with Gasteiger partial charge in [0.05, 0.1) is 0 Å². The van der Waals surface area contributed by atoms with Crippen molar-refractivity contribution >= 4 is 5.69 Å². The standard InChI is InChI=1S/C10H13N5/c1-2-7-11-9-5-3-8(4-6-9)10-12-14-15-13-10/h3-6,11H,2,7H2,1H3,(H,12,13,14,15). The molecule has 0 bridgehead atoms. The maximum atomic E-state index is 3.91. The summed E-state index contributed by atoms with van der Waals surface area (Å²) in [5.74, 6) is 0.622. The molecule has 2 rings (SSSR count). The lowest BCUT2D eigenvalue weighted by Gasteiger charge is -2.04. The molecule has 0 spiro atoms. The van der Waals surface area contributed by atoms with Gasteiger partial charge < -0.3 is 5.32 Å². The van der Waals surface area contributed by atoms with E-state index in [2.05, 4.69) is 32.9 Å². The fraction of sp³-hybridized carbons (Fsp3) is 0.300. The average molecular weight is 203 g/mol. The van der Waals surface area contributed by atoms with Crippen LogP contribution in [0.15, 0.2) is 24.3 Å². The fourth-order valence-corrected chi connectivity index (χ4v) is 1.29. The van der Waals surface area contributed by atoms with Gasteiger partial charge in [-0.25, -0.2) is 0 Å². The Hall–Kier alpha value is -1.91. The summed E-state index contributed by atoms with van der Waals surface area (Å²) in [4.78, 5) is 0. The molecule has 1 aromatic carbocycles. The van der Waals surface area contributed by atoms with Crippen LogP contribution in [0.4, 0.5) is 5.69 Å². The summed E-state index contributed by atoms with van der Waals surface area (Å²) >= 11 is 0. The summed E-state index contributed by atoms with van der Waals surface area (Å²) in [6.07, 6.45) is 1.12. The van der Waals surface area contributed by atoms with E-state index in [0.29, 0.717) is 5.82 Å². The zero-order valence-electron chi connectivity index (χ0n) is 8.57. The van der Waals surface area contributed by atoms with Crippen LogP contribution in [-0.4, -0.2) is 27.2 Å². The van der Waals surface area contributed by atoms with Crippen molar-refractivity contribution < 1.29 is 0 Å². The first-order valence-electron chi connectivity index (χ1n) is 4.98. The van der Waals surface area contributed by atoms with Crippen molar-refractivity contribution in [1.29, 1.82) is 0 Å². The lowest BCUT2D eigenvalue weighted by Crippen LogP contribution is -1.98. The smallest absolute Gasteiger partial charge is 0.204 e. The van der Waals surface area contributed by atoms with E-state index in [9.17, 15) is 0 Å². The summed E-state index contributed by atoms with van der Waals surface area (Å²) in [5, 5.41) is 17.1. The summed E-state index contributed by atoms with van der Waals surface area (Å²) in [7, 11) is 0. The van der Waals surface area contributed by atoms with Crippen LogP contribution >= 0.6 is 0 Å². The maximum absolute atomic E-state index is 3.91. The van der Waals surface area contributed by atoms with Crippen molar-refractivity contribution in [2.75, 3.05) is 11.9 Å². The molecule has 0 atom stereocenters. The molecule has 2 N–H and O–H groups in total. The van der Waals surface area contributed by atoms with Gasteiger partial charge in [-0.2, -0.15) is 5.21 Å². The van der Waals surface area contributed by atoms with Crippen LogP contribution in [-0.2, 0) is 0 Å². The molecule has 5 nitrogen and oxygen atoms in total. The van der Waals surface area contributed by atoms with Crippen LogP contribution in [0.1, 0.15) is 13.3 Å². The number of tetrazole rings is 1. The minimum absolute atomic E-state index is 0.622. The average Bonchev–Trinajstić information content (AvgIpc) is 2.80. The first kappa shape index (κ1) is 9.64. The first-order chi connectivity index (χ1) is 7.40. The van der Waals surface area contributed by atoms with Gasteiger partial charge in [0, 0.05) is 17.8 Å².